The van der Waals surface area contributed by atoms with Crippen LogP contribution in [0.5, 0.6) is 0 Å². The Morgan fingerprint density at radius 1 is 1.20 bits per heavy atom. The molecule has 0 aliphatic rings. The maximum atomic E-state index is 13.1. The minimum atomic E-state index is -0.179. The predicted molar refractivity (Wildman–Crippen MR) is 82.6 cm³/mol. The van der Waals surface area contributed by atoms with Crippen LogP contribution in [0, 0.1) is 5.82 Å². The van der Waals surface area contributed by atoms with E-state index in [0.717, 1.165) is 19.4 Å². The van der Waals surface area contributed by atoms with Crippen molar-refractivity contribution in [2.75, 3.05) is 13.7 Å². The zero-order valence-electron chi connectivity index (χ0n) is 13.4. The van der Waals surface area contributed by atoms with Gasteiger partial charge in [0.05, 0.1) is 5.60 Å². The molecule has 0 bridgehead atoms. The van der Waals surface area contributed by atoms with Gasteiger partial charge in [0.15, 0.2) is 0 Å². The van der Waals surface area contributed by atoms with Crippen molar-refractivity contribution < 1.29 is 9.13 Å². The number of benzene rings is 1. The van der Waals surface area contributed by atoms with Crippen LogP contribution in [0.1, 0.15) is 52.0 Å². The Morgan fingerprint density at radius 2 is 1.80 bits per heavy atom. The van der Waals surface area contributed by atoms with Crippen molar-refractivity contribution >= 4 is 0 Å². The Bertz CT molecular complexity index is 386. The van der Waals surface area contributed by atoms with Gasteiger partial charge in [-0.1, -0.05) is 26.0 Å². The van der Waals surface area contributed by atoms with Crippen LogP contribution in [0.2, 0.25) is 0 Å². The van der Waals surface area contributed by atoms with E-state index in [9.17, 15) is 4.39 Å². The second-order valence-corrected chi connectivity index (χ2v) is 6.31. The number of methoxy groups -OCH3 is 1. The summed E-state index contributed by atoms with van der Waals surface area (Å²) in [5.74, 6) is 0.203. The molecule has 114 valence electrons. The molecule has 1 aromatic carbocycles. The highest BCUT2D eigenvalue weighted by atomic mass is 19.1. The Hall–Kier alpha value is -0.930. The number of rotatable bonds is 8. The van der Waals surface area contributed by atoms with Gasteiger partial charge in [-0.05, 0) is 50.3 Å². The zero-order valence-corrected chi connectivity index (χ0v) is 13.4. The molecule has 0 radical (unpaired) electrons. The minimum absolute atomic E-state index is 0.115. The quantitative estimate of drug-likeness (QED) is 0.774. The summed E-state index contributed by atoms with van der Waals surface area (Å²) >= 11 is 0. The number of halogens is 1. The lowest BCUT2D eigenvalue weighted by molar-refractivity contribution is 0.0123. The van der Waals surface area contributed by atoms with Crippen LogP contribution in [0.3, 0.4) is 0 Å². The molecule has 0 heterocycles. The average Bonchev–Trinajstić information content (AvgIpc) is 2.40. The van der Waals surface area contributed by atoms with E-state index >= 15 is 0 Å². The first-order chi connectivity index (χ1) is 9.34. The number of ether oxygens (including phenoxy) is 1. The van der Waals surface area contributed by atoms with Gasteiger partial charge in [0, 0.05) is 19.7 Å². The maximum Gasteiger partial charge on any atom is 0.123 e. The highest BCUT2D eigenvalue weighted by Gasteiger charge is 2.20. The summed E-state index contributed by atoms with van der Waals surface area (Å²) in [6, 6.07) is 7.32. The van der Waals surface area contributed by atoms with Crippen LogP contribution in [0.15, 0.2) is 24.3 Å². The van der Waals surface area contributed by atoms with Gasteiger partial charge in [-0.3, -0.25) is 0 Å². The molecule has 0 spiro atoms. The SMILES string of the molecule is COC(C)(C)CCC(CNC(C)C)c1ccc(F)cc1. The molecule has 1 aromatic rings. The molecule has 0 saturated carbocycles. The van der Waals surface area contributed by atoms with Crippen molar-refractivity contribution in [3.63, 3.8) is 0 Å². The van der Waals surface area contributed by atoms with Crippen molar-refractivity contribution in [2.24, 2.45) is 0 Å². The summed E-state index contributed by atoms with van der Waals surface area (Å²) in [7, 11) is 1.75. The van der Waals surface area contributed by atoms with Gasteiger partial charge < -0.3 is 10.1 Å². The van der Waals surface area contributed by atoms with Gasteiger partial charge in [0.2, 0.25) is 0 Å². The highest BCUT2D eigenvalue weighted by Crippen LogP contribution is 2.26. The summed E-state index contributed by atoms with van der Waals surface area (Å²) < 4.78 is 18.5. The monoisotopic (exact) mass is 281 g/mol. The Balaban J connectivity index is 2.72. The van der Waals surface area contributed by atoms with Crippen molar-refractivity contribution in [3.8, 4) is 0 Å². The molecular formula is C17H28FNO. The van der Waals surface area contributed by atoms with Gasteiger partial charge in [-0.15, -0.1) is 0 Å². The third-order valence-corrected chi connectivity index (χ3v) is 3.76. The molecule has 0 amide bonds. The van der Waals surface area contributed by atoms with Gasteiger partial charge in [-0.25, -0.2) is 4.39 Å². The Kier molecular flexibility index (Phi) is 6.63. The lowest BCUT2D eigenvalue weighted by Gasteiger charge is -2.27. The molecule has 0 aliphatic heterocycles. The van der Waals surface area contributed by atoms with E-state index in [2.05, 4.69) is 33.0 Å². The smallest absolute Gasteiger partial charge is 0.123 e. The lowest BCUT2D eigenvalue weighted by Crippen LogP contribution is -2.30. The van der Waals surface area contributed by atoms with Crippen molar-refractivity contribution in [1.82, 2.24) is 5.32 Å². The molecule has 1 rings (SSSR count). The number of nitrogens with one attached hydrogen (secondary N) is 1. The molecule has 20 heavy (non-hydrogen) atoms. The first-order valence-electron chi connectivity index (χ1n) is 7.38. The minimum Gasteiger partial charge on any atom is -0.379 e. The maximum absolute atomic E-state index is 13.1. The molecule has 3 heteroatoms. The second kappa shape index (κ2) is 7.75. The first-order valence-corrected chi connectivity index (χ1v) is 7.38. The Morgan fingerprint density at radius 3 is 2.30 bits per heavy atom. The fourth-order valence-electron chi connectivity index (χ4n) is 2.12. The van der Waals surface area contributed by atoms with Crippen LogP contribution < -0.4 is 5.32 Å². The van der Waals surface area contributed by atoms with Gasteiger partial charge in [0.1, 0.15) is 5.82 Å². The summed E-state index contributed by atoms with van der Waals surface area (Å²) in [4.78, 5) is 0. The van der Waals surface area contributed by atoms with Crippen LogP contribution in [-0.4, -0.2) is 25.3 Å². The standard InChI is InChI=1S/C17H28FNO/c1-13(2)19-12-15(10-11-17(3,4)20-5)14-6-8-16(18)9-7-14/h6-9,13,15,19H,10-12H2,1-5H3. The molecule has 0 aromatic heterocycles. The third kappa shape index (κ3) is 6.02. The molecule has 0 saturated heterocycles. The van der Waals surface area contributed by atoms with Crippen LogP contribution in [-0.2, 0) is 4.74 Å². The van der Waals surface area contributed by atoms with E-state index in [1.807, 2.05) is 12.1 Å². The molecule has 1 N–H and O–H groups in total. The predicted octanol–water partition coefficient (Wildman–Crippen LogP) is 4.11. The fourth-order valence-corrected chi connectivity index (χ4v) is 2.12. The summed E-state index contributed by atoms with van der Waals surface area (Å²) in [6.07, 6.45) is 2.00. The van der Waals surface area contributed by atoms with E-state index in [1.165, 1.54) is 5.56 Å². The summed E-state index contributed by atoms with van der Waals surface area (Å²) in [5.41, 5.74) is 1.07. The molecule has 1 unspecified atom stereocenters. The normalized spacial score (nSPS) is 13.8. The highest BCUT2D eigenvalue weighted by molar-refractivity contribution is 5.21. The van der Waals surface area contributed by atoms with Crippen molar-refractivity contribution in [2.45, 2.75) is 58.1 Å². The lowest BCUT2D eigenvalue weighted by atomic mass is 9.89. The largest absolute Gasteiger partial charge is 0.379 e. The van der Waals surface area contributed by atoms with Gasteiger partial charge >= 0.3 is 0 Å². The zero-order chi connectivity index (χ0) is 15.2. The van der Waals surface area contributed by atoms with Crippen LogP contribution >= 0.6 is 0 Å². The fraction of sp³-hybridized carbons (Fsp3) is 0.647. The molecule has 1 atom stereocenters. The molecule has 2 nitrogen and oxygen atoms in total. The molecular weight excluding hydrogens is 253 g/mol. The van der Waals surface area contributed by atoms with Crippen LogP contribution in [0.25, 0.3) is 0 Å². The van der Waals surface area contributed by atoms with E-state index in [4.69, 9.17) is 4.74 Å². The molecule has 0 fully saturated rings. The van der Waals surface area contributed by atoms with E-state index in [0.29, 0.717) is 12.0 Å². The number of hydrogen-bond donors (Lipinski definition) is 1. The van der Waals surface area contributed by atoms with Crippen molar-refractivity contribution in [1.29, 1.82) is 0 Å². The average molecular weight is 281 g/mol. The van der Waals surface area contributed by atoms with E-state index < -0.39 is 0 Å². The van der Waals surface area contributed by atoms with Crippen molar-refractivity contribution in [3.05, 3.63) is 35.6 Å². The Labute approximate surface area is 122 Å². The van der Waals surface area contributed by atoms with Crippen LogP contribution in [0.4, 0.5) is 4.39 Å². The van der Waals surface area contributed by atoms with Gasteiger partial charge in [-0.2, -0.15) is 0 Å². The van der Waals surface area contributed by atoms with E-state index in [-0.39, 0.29) is 11.4 Å². The van der Waals surface area contributed by atoms with E-state index in [1.54, 1.807) is 19.2 Å². The first kappa shape index (κ1) is 17.1. The molecule has 0 aliphatic carbocycles. The third-order valence-electron chi connectivity index (χ3n) is 3.76. The summed E-state index contributed by atoms with van der Waals surface area (Å²) in [5, 5.41) is 3.48. The topological polar surface area (TPSA) is 21.3 Å². The summed E-state index contributed by atoms with van der Waals surface area (Å²) in [6.45, 7) is 9.39. The number of hydrogen-bond acceptors (Lipinski definition) is 2. The second-order valence-electron chi connectivity index (χ2n) is 6.31. The van der Waals surface area contributed by atoms with Gasteiger partial charge in [0.25, 0.3) is 0 Å².